The Labute approximate surface area is 210 Å². The first-order valence-corrected chi connectivity index (χ1v) is 13.8. The van der Waals surface area contributed by atoms with Crippen LogP contribution in [0, 0.1) is 11.7 Å². The molecule has 0 bridgehead atoms. The fourth-order valence-corrected chi connectivity index (χ4v) is 5.97. The van der Waals surface area contributed by atoms with Gasteiger partial charge < -0.3 is 10.6 Å². The molecule has 2 aromatic carbocycles. The van der Waals surface area contributed by atoms with Crippen molar-refractivity contribution in [3.8, 4) is 0 Å². The number of para-hydroxylation sites is 1. The van der Waals surface area contributed by atoms with Crippen molar-refractivity contribution in [1.82, 2.24) is 15.1 Å². The van der Waals surface area contributed by atoms with Crippen molar-refractivity contribution in [2.24, 2.45) is 5.92 Å². The zero-order valence-electron chi connectivity index (χ0n) is 20.6. The molecule has 0 radical (unpaired) electrons. The molecule has 0 spiro atoms. The average molecular weight is 515 g/mol. The number of halogens is 1. The molecule has 2 amide bonds. The number of hydrogen-bond acceptors (Lipinski definition) is 5. The Morgan fingerprint density at radius 2 is 1.83 bits per heavy atom. The van der Waals surface area contributed by atoms with Gasteiger partial charge in [-0.05, 0) is 47.9 Å². The molecule has 0 saturated carbocycles. The Balaban J connectivity index is 1.53. The fraction of sp³-hybridized carbons (Fsp3) is 0.423. The van der Waals surface area contributed by atoms with Gasteiger partial charge in [-0.25, -0.2) is 12.8 Å². The lowest BCUT2D eigenvalue weighted by molar-refractivity contribution is -0.128. The Kier molecular flexibility index (Phi) is 7.17. The van der Waals surface area contributed by atoms with Gasteiger partial charge in [-0.2, -0.15) is 5.10 Å². The van der Waals surface area contributed by atoms with Crippen LogP contribution in [0.1, 0.15) is 39.2 Å². The maximum absolute atomic E-state index is 14.8. The van der Waals surface area contributed by atoms with E-state index >= 15 is 0 Å². The number of benzene rings is 2. The number of nitrogens with zero attached hydrogens (tertiary/aromatic N) is 2. The lowest BCUT2D eigenvalue weighted by Gasteiger charge is -2.30. The van der Waals surface area contributed by atoms with E-state index in [-0.39, 0.29) is 42.0 Å². The molecule has 192 valence electrons. The number of sulfone groups is 1. The maximum atomic E-state index is 14.8. The summed E-state index contributed by atoms with van der Waals surface area (Å²) in [5, 5.41) is 10.5. The summed E-state index contributed by atoms with van der Waals surface area (Å²) < 4.78 is 40.2. The van der Waals surface area contributed by atoms with Gasteiger partial charge in [-0.1, -0.05) is 45.0 Å². The number of fused-ring (bicyclic) bond motifs is 1. The molecule has 36 heavy (non-hydrogen) atoms. The molecule has 2 heterocycles. The van der Waals surface area contributed by atoms with Crippen LogP contribution in [0.2, 0.25) is 0 Å². The SMILES string of the molecule is CC(C)(C)c1ccc(NC(=O)C(NC(=O)Cn2ncc3ccccc32)C2CCS(=O)(=O)CC2)c(F)c1. The van der Waals surface area contributed by atoms with Crippen LogP contribution in [0.3, 0.4) is 0 Å². The number of carbonyl (C=O) groups excluding carboxylic acids is 2. The molecule has 8 nitrogen and oxygen atoms in total. The molecule has 1 saturated heterocycles. The van der Waals surface area contributed by atoms with E-state index in [2.05, 4.69) is 15.7 Å². The number of anilines is 1. The number of hydrogen-bond donors (Lipinski definition) is 2. The predicted molar refractivity (Wildman–Crippen MR) is 137 cm³/mol. The highest BCUT2D eigenvalue weighted by molar-refractivity contribution is 7.91. The molecule has 1 aliphatic heterocycles. The molecule has 1 atom stereocenters. The highest BCUT2D eigenvalue weighted by atomic mass is 32.2. The van der Waals surface area contributed by atoms with E-state index in [0.717, 1.165) is 16.5 Å². The van der Waals surface area contributed by atoms with Crippen LogP contribution in [0.15, 0.2) is 48.7 Å². The van der Waals surface area contributed by atoms with Crippen molar-refractivity contribution in [1.29, 1.82) is 0 Å². The minimum atomic E-state index is -3.17. The van der Waals surface area contributed by atoms with Crippen LogP contribution >= 0.6 is 0 Å². The first kappa shape index (κ1) is 25.8. The Bertz CT molecular complexity index is 1380. The van der Waals surface area contributed by atoms with E-state index in [4.69, 9.17) is 0 Å². The molecule has 1 aliphatic rings. The third kappa shape index (κ3) is 5.92. The highest BCUT2D eigenvalue weighted by Gasteiger charge is 2.35. The van der Waals surface area contributed by atoms with Gasteiger partial charge >= 0.3 is 0 Å². The van der Waals surface area contributed by atoms with Crippen LogP contribution in [0.25, 0.3) is 10.9 Å². The minimum absolute atomic E-state index is 0.00810. The van der Waals surface area contributed by atoms with Gasteiger partial charge in [0.25, 0.3) is 0 Å². The van der Waals surface area contributed by atoms with Gasteiger partial charge in [-0.15, -0.1) is 0 Å². The fourth-order valence-electron chi connectivity index (χ4n) is 4.44. The third-order valence-corrected chi connectivity index (χ3v) is 8.32. The summed E-state index contributed by atoms with van der Waals surface area (Å²) in [5.74, 6) is -2.12. The number of aromatic nitrogens is 2. The van der Waals surface area contributed by atoms with E-state index in [1.54, 1.807) is 12.3 Å². The van der Waals surface area contributed by atoms with Crippen molar-refractivity contribution in [3.63, 3.8) is 0 Å². The Morgan fingerprint density at radius 3 is 2.50 bits per heavy atom. The molecular weight excluding hydrogens is 483 g/mol. The maximum Gasteiger partial charge on any atom is 0.247 e. The number of amides is 2. The lowest BCUT2D eigenvalue weighted by Crippen LogP contribution is -2.51. The van der Waals surface area contributed by atoms with E-state index in [0.29, 0.717) is 0 Å². The molecule has 10 heteroatoms. The lowest BCUT2D eigenvalue weighted by atomic mass is 9.87. The standard InChI is InChI=1S/C26H31FN4O4S/c1-26(2,3)19-8-9-21(20(27)14-19)29-25(33)24(17-10-12-36(34,35)13-11-17)30-23(32)16-31-22-7-5-4-6-18(22)15-28-31/h4-9,14-15,17,24H,10-13,16H2,1-3H3,(H,29,33)(H,30,32). The van der Waals surface area contributed by atoms with Crippen LogP contribution in [0.4, 0.5) is 10.1 Å². The monoisotopic (exact) mass is 514 g/mol. The molecule has 1 unspecified atom stereocenters. The van der Waals surface area contributed by atoms with Gasteiger partial charge in [-0.3, -0.25) is 14.3 Å². The summed E-state index contributed by atoms with van der Waals surface area (Å²) in [4.78, 5) is 26.3. The molecule has 3 aromatic rings. The normalized spacial score (nSPS) is 17.0. The van der Waals surface area contributed by atoms with E-state index < -0.39 is 39.4 Å². The molecular formula is C26H31FN4O4S. The van der Waals surface area contributed by atoms with Gasteiger partial charge in [0.15, 0.2) is 0 Å². The van der Waals surface area contributed by atoms with Crippen molar-refractivity contribution in [2.45, 2.75) is 51.6 Å². The van der Waals surface area contributed by atoms with Crippen molar-refractivity contribution >= 4 is 38.2 Å². The summed E-state index contributed by atoms with van der Waals surface area (Å²) in [6, 6.07) is 11.1. The van der Waals surface area contributed by atoms with E-state index in [1.165, 1.54) is 16.8 Å². The predicted octanol–water partition coefficient (Wildman–Crippen LogP) is 3.42. The van der Waals surface area contributed by atoms with Gasteiger partial charge in [0.1, 0.15) is 28.2 Å². The largest absolute Gasteiger partial charge is 0.342 e. The van der Waals surface area contributed by atoms with E-state index in [1.807, 2.05) is 45.0 Å². The quantitative estimate of drug-likeness (QED) is 0.524. The van der Waals surface area contributed by atoms with Gasteiger partial charge in [0, 0.05) is 5.39 Å². The Morgan fingerprint density at radius 1 is 1.14 bits per heavy atom. The topological polar surface area (TPSA) is 110 Å². The number of nitrogens with one attached hydrogen (secondary N) is 2. The van der Waals surface area contributed by atoms with Gasteiger partial charge in [0.2, 0.25) is 11.8 Å². The van der Waals surface area contributed by atoms with Crippen molar-refractivity contribution in [2.75, 3.05) is 16.8 Å². The summed E-state index contributed by atoms with van der Waals surface area (Å²) in [7, 11) is -3.17. The molecule has 1 fully saturated rings. The zero-order chi connectivity index (χ0) is 26.1. The number of rotatable bonds is 6. The second kappa shape index (κ2) is 10.0. The highest BCUT2D eigenvalue weighted by Crippen LogP contribution is 2.27. The van der Waals surface area contributed by atoms with Crippen molar-refractivity contribution < 1.29 is 22.4 Å². The van der Waals surface area contributed by atoms with Gasteiger partial charge in [0.05, 0.1) is 28.9 Å². The molecule has 1 aromatic heterocycles. The summed E-state index contributed by atoms with van der Waals surface area (Å²) >= 11 is 0. The first-order valence-electron chi connectivity index (χ1n) is 11.9. The Hall–Kier alpha value is -3.27. The van der Waals surface area contributed by atoms with E-state index in [9.17, 15) is 22.4 Å². The zero-order valence-corrected chi connectivity index (χ0v) is 21.4. The van der Waals surface area contributed by atoms with Crippen LogP contribution in [0.5, 0.6) is 0 Å². The molecule has 4 rings (SSSR count). The summed E-state index contributed by atoms with van der Waals surface area (Å²) in [6.07, 6.45) is 2.12. The minimum Gasteiger partial charge on any atom is -0.342 e. The van der Waals surface area contributed by atoms with Crippen LogP contribution in [-0.4, -0.2) is 47.6 Å². The second-order valence-electron chi connectivity index (χ2n) is 10.3. The average Bonchev–Trinajstić information content (AvgIpc) is 3.21. The third-order valence-electron chi connectivity index (χ3n) is 6.61. The number of carbonyl (C=O) groups is 2. The first-order chi connectivity index (χ1) is 16.9. The second-order valence-corrected chi connectivity index (χ2v) is 12.6. The summed E-state index contributed by atoms with van der Waals surface area (Å²) in [6.45, 7) is 5.78. The van der Waals surface area contributed by atoms with Crippen molar-refractivity contribution in [3.05, 3.63) is 60.0 Å². The van der Waals surface area contributed by atoms with Crippen LogP contribution < -0.4 is 10.6 Å². The van der Waals surface area contributed by atoms with Crippen LogP contribution in [-0.2, 0) is 31.4 Å². The molecule has 0 aliphatic carbocycles. The molecule has 2 N–H and O–H groups in total. The smallest absolute Gasteiger partial charge is 0.247 e. The summed E-state index contributed by atoms with van der Waals surface area (Å²) in [5.41, 5.74) is 1.31.